The molecular formula is C16H13Cl2N3O6. The van der Waals surface area contributed by atoms with Gasteiger partial charge in [0.15, 0.2) is 11.5 Å². The highest BCUT2D eigenvalue weighted by Crippen LogP contribution is 2.34. The summed E-state index contributed by atoms with van der Waals surface area (Å²) in [7, 11) is 2.72. The lowest BCUT2D eigenvalue weighted by Gasteiger charge is -2.08. The van der Waals surface area contributed by atoms with Crippen LogP contribution in [0.1, 0.15) is 15.9 Å². The van der Waals surface area contributed by atoms with Crippen molar-refractivity contribution in [1.29, 1.82) is 0 Å². The van der Waals surface area contributed by atoms with E-state index in [9.17, 15) is 20.0 Å². The van der Waals surface area contributed by atoms with Crippen LogP contribution in [0.4, 0.5) is 5.69 Å². The molecule has 0 fully saturated rings. The van der Waals surface area contributed by atoms with Crippen molar-refractivity contribution in [3.8, 4) is 17.2 Å². The number of carbonyl (C=O) groups is 1. The number of benzene rings is 2. The number of halogens is 2. The van der Waals surface area contributed by atoms with E-state index in [4.69, 9.17) is 32.7 Å². The van der Waals surface area contributed by atoms with Crippen LogP contribution in [0.5, 0.6) is 17.2 Å². The van der Waals surface area contributed by atoms with Crippen molar-refractivity contribution in [2.24, 2.45) is 5.10 Å². The van der Waals surface area contributed by atoms with Gasteiger partial charge in [0.25, 0.3) is 11.6 Å². The fraction of sp³-hybridized carbons (Fsp3) is 0.125. The summed E-state index contributed by atoms with van der Waals surface area (Å²) < 4.78 is 10.1. The number of hydrogen-bond acceptors (Lipinski definition) is 7. The van der Waals surface area contributed by atoms with Gasteiger partial charge in [-0.1, -0.05) is 23.2 Å². The van der Waals surface area contributed by atoms with Crippen molar-refractivity contribution >= 4 is 41.0 Å². The number of hydrogen-bond donors (Lipinski definition) is 2. The largest absolute Gasteiger partial charge is 0.506 e. The van der Waals surface area contributed by atoms with Gasteiger partial charge in [0.05, 0.1) is 47.6 Å². The minimum Gasteiger partial charge on any atom is -0.506 e. The molecule has 0 bridgehead atoms. The summed E-state index contributed by atoms with van der Waals surface area (Å²) in [5, 5.41) is 24.8. The second-order valence-electron chi connectivity index (χ2n) is 5.01. The highest BCUT2D eigenvalue weighted by Gasteiger charge is 2.19. The van der Waals surface area contributed by atoms with Crippen LogP contribution in [0, 0.1) is 10.1 Å². The van der Waals surface area contributed by atoms with Gasteiger partial charge in [-0.05, 0) is 18.2 Å². The number of aromatic hydroxyl groups is 1. The van der Waals surface area contributed by atoms with E-state index in [1.54, 1.807) is 0 Å². The molecule has 2 rings (SSSR count). The van der Waals surface area contributed by atoms with Crippen molar-refractivity contribution < 1.29 is 24.3 Å². The minimum atomic E-state index is -0.809. The van der Waals surface area contributed by atoms with Crippen LogP contribution < -0.4 is 14.9 Å². The molecule has 0 aliphatic rings. The van der Waals surface area contributed by atoms with Gasteiger partial charge in [0.1, 0.15) is 5.75 Å². The van der Waals surface area contributed by atoms with Gasteiger partial charge in [-0.2, -0.15) is 5.10 Å². The highest BCUT2D eigenvalue weighted by molar-refractivity contribution is 6.36. The van der Waals surface area contributed by atoms with Crippen LogP contribution in [0.2, 0.25) is 10.0 Å². The van der Waals surface area contributed by atoms with Gasteiger partial charge in [0.2, 0.25) is 0 Å². The summed E-state index contributed by atoms with van der Waals surface area (Å²) in [6, 6.07) is 4.98. The van der Waals surface area contributed by atoms with Crippen molar-refractivity contribution in [1.82, 2.24) is 5.43 Å². The molecule has 0 radical (unpaired) electrons. The predicted octanol–water partition coefficient (Wildman–Crippen LogP) is 3.39. The number of nitro benzene ring substituents is 1. The number of nitro groups is 1. The number of phenolic OH excluding ortho intramolecular Hbond substituents is 1. The number of rotatable bonds is 6. The first kappa shape index (κ1) is 20.3. The number of nitrogens with zero attached hydrogens (tertiary/aromatic N) is 2. The Morgan fingerprint density at radius 1 is 1.22 bits per heavy atom. The van der Waals surface area contributed by atoms with E-state index in [0.29, 0.717) is 0 Å². The van der Waals surface area contributed by atoms with Crippen LogP contribution in [-0.4, -0.2) is 36.4 Å². The summed E-state index contributed by atoms with van der Waals surface area (Å²) >= 11 is 11.6. The maximum atomic E-state index is 12.1. The second kappa shape index (κ2) is 8.56. The molecule has 2 aromatic carbocycles. The van der Waals surface area contributed by atoms with Crippen LogP contribution in [0.25, 0.3) is 0 Å². The van der Waals surface area contributed by atoms with Crippen molar-refractivity contribution in [2.75, 3.05) is 14.2 Å². The first-order valence-corrected chi connectivity index (χ1v) is 7.96. The Balaban J connectivity index is 2.30. The first-order valence-electron chi connectivity index (χ1n) is 7.20. The van der Waals surface area contributed by atoms with E-state index in [0.717, 1.165) is 6.21 Å². The van der Waals surface area contributed by atoms with E-state index < -0.39 is 16.6 Å². The lowest BCUT2D eigenvalue weighted by atomic mass is 10.1. The molecule has 0 saturated carbocycles. The Bertz CT molecular complexity index is 933. The quantitative estimate of drug-likeness (QED) is 0.424. The van der Waals surface area contributed by atoms with E-state index in [1.807, 2.05) is 0 Å². The number of carbonyl (C=O) groups excluding carboxylic acids is 1. The number of hydrazone groups is 1. The molecule has 9 nitrogen and oxygen atoms in total. The summed E-state index contributed by atoms with van der Waals surface area (Å²) in [6.07, 6.45) is 1.06. The van der Waals surface area contributed by atoms with Crippen LogP contribution in [-0.2, 0) is 0 Å². The zero-order valence-corrected chi connectivity index (χ0v) is 15.5. The van der Waals surface area contributed by atoms with Gasteiger partial charge in [-0.25, -0.2) is 5.43 Å². The highest BCUT2D eigenvalue weighted by atomic mass is 35.5. The minimum absolute atomic E-state index is 0.0614. The van der Waals surface area contributed by atoms with E-state index in [-0.39, 0.29) is 38.4 Å². The molecule has 1 amide bonds. The summed E-state index contributed by atoms with van der Waals surface area (Å²) in [6.45, 7) is 0. The maximum absolute atomic E-state index is 12.1. The molecule has 0 spiro atoms. The lowest BCUT2D eigenvalue weighted by Crippen LogP contribution is -2.18. The Morgan fingerprint density at radius 3 is 2.44 bits per heavy atom. The molecular weight excluding hydrogens is 401 g/mol. The molecule has 0 saturated heterocycles. The maximum Gasteiger partial charge on any atom is 0.282 e. The molecule has 2 aromatic rings. The van der Waals surface area contributed by atoms with Gasteiger partial charge >= 0.3 is 0 Å². The van der Waals surface area contributed by atoms with Crippen molar-refractivity contribution in [3.05, 3.63) is 55.6 Å². The number of methoxy groups -OCH3 is 2. The lowest BCUT2D eigenvalue weighted by molar-refractivity contribution is -0.385. The summed E-state index contributed by atoms with van der Waals surface area (Å²) in [5.41, 5.74) is 1.69. The standard InChI is InChI=1S/C16H13Cl2N3O6/c1-26-13-3-8(12(21(24)25)6-14(13)27-2)7-19-20-16(23)10-4-9(17)5-11(18)15(10)22/h3-7,22H,1-2H3,(H,20,23). The molecule has 11 heteroatoms. The topological polar surface area (TPSA) is 123 Å². The monoisotopic (exact) mass is 413 g/mol. The number of amides is 1. The van der Waals surface area contributed by atoms with E-state index >= 15 is 0 Å². The average molecular weight is 414 g/mol. The van der Waals surface area contributed by atoms with Gasteiger partial charge in [-0.3, -0.25) is 14.9 Å². The first-order chi connectivity index (χ1) is 12.8. The Hall–Kier alpha value is -3.04. The molecule has 27 heavy (non-hydrogen) atoms. The number of ether oxygens (including phenoxy) is 2. The zero-order chi connectivity index (χ0) is 20.1. The number of nitrogens with one attached hydrogen (secondary N) is 1. The van der Waals surface area contributed by atoms with Gasteiger partial charge < -0.3 is 14.6 Å². The average Bonchev–Trinajstić information content (AvgIpc) is 2.63. The summed E-state index contributed by atoms with van der Waals surface area (Å²) in [5.74, 6) is -0.860. The summed E-state index contributed by atoms with van der Waals surface area (Å²) in [4.78, 5) is 22.7. The Labute approximate surface area is 163 Å². The van der Waals surface area contributed by atoms with Gasteiger partial charge in [-0.15, -0.1) is 0 Å². The molecule has 0 aromatic heterocycles. The molecule has 0 unspecified atom stereocenters. The fourth-order valence-corrected chi connectivity index (χ4v) is 2.60. The third-order valence-corrected chi connectivity index (χ3v) is 3.88. The second-order valence-corrected chi connectivity index (χ2v) is 5.85. The predicted molar refractivity (Wildman–Crippen MR) is 99.4 cm³/mol. The van der Waals surface area contributed by atoms with Crippen LogP contribution in [0.15, 0.2) is 29.4 Å². The Morgan fingerprint density at radius 2 is 1.85 bits per heavy atom. The third kappa shape index (κ3) is 4.57. The van der Waals surface area contributed by atoms with Crippen molar-refractivity contribution in [3.63, 3.8) is 0 Å². The molecule has 0 atom stereocenters. The zero-order valence-electron chi connectivity index (χ0n) is 14.0. The third-order valence-electron chi connectivity index (χ3n) is 3.37. The van der Waals surface area contributed by atoms with Crippen molar-refractivity contribution in [2.45, 2.75) is 0 Å². The SMILES string of the molecule is COc1cc(C=NNC(=O)c2cc(Cl)cc(Cl)c2O)c([N+](=O)[O-])cc1OC. The number of phenols is 1. The molecule has 2 N–H and O–H groups in total. The van der Waals surface area contributed by atoms with Crippen LogP contribution in [0.3, 0.4) is 0 Å². The van der Waals surface area contributed by atoms with E-state index in [2.05, 4.69) is 10.5 Å². The van der Waals surface area contributed by atoms with Gasteiger partial charge in [0, 0.05) is 5.02 Å². The molecule has 0 heterocycles. The molecule has 0 aliphatic carbocycles. The Kier molecular flexibility index (Phi) is 6.43. The molecule has 0 aliphatic heterocycles. The molecule has 142 valence electrons. The van der Waals surface area contributed by atoms with Crippen LogP contribution >= 0.6 is 23.2 Å². The normalized spacial score (nSPS) is 10.7. The van der Waals surface area contributed by atoms with E-state index in [1.165, 1.54) is 38.5 Å². The smallest absolute Gasteiger partial charge is 0.282 e. The fourth-order valence-electron chi connectivity index (χ4n) is 2.11.